The average Bonchev–Trinajstić information content (AvgIpc) is 2.75. The normalized spacial score (nSPS) is 10.3. The highest BCUT2D eigenvalue weighted by Crippen LogP contribution is 2.22. The van der Waals surface area contributed by atoms with Crippen molar-refractivity contribution in [3.63, 3.8) is 0 Å². The van der Waals surface area contributed by atoms with Crippen molar-refractivity contribution in [3.8, 4) is 0 Å². The van der Waals surface area contributed by atoms with Gasteiger partial charge in [-0.25, -0.2) is 0 Å². The maximum Gasteiger partial charge on any atom is 0.253 e. The van der Waals surface area contributed by atoms with Gasteiger partial charge in [0.15, 0.2) is 0 Å². The molecule has 0 saturated carbocycles. The van der Waals surface area contributed by atoms with Gasteiger partial charge in [-0.05, 0) is 48.7 Å². The maximum atomic E-state index is 12.6. The number of para-hydroxylation sites is 1. The second-order valence-electron chi connectivity index (χ2n) is 6.92. The number of hydrogen-bond donors (Lipinski definition) is 3. The summed E-state index contributed by atoms with van der Waals surface area (Å²) in [6.45, 7) is 2.48. The van der Waals surface area contributed by atoms with E-state index >= 15 is 0 Å². The minimum atomic E-state index is -0.250. The first-order valence-corrected chi connectivity index (χ1v) is 10.1. The SMILES string of the molecule is Cc1ccc(NC(=O)CNc2ccccc2C(=O)NCCc2ccccc2)c(Cl)c1. The summed E-state index contributed by atoms with van der Waals surface area (Å²) in [7, 11) is 0. The summed E-state index contributed by atoms with van der Waals surface area (Å²) in [5.74, 6) is -0.434. The molecule has 0 aliphatic heterocycles. The van der Waals surface area contributed by atoms with Crippen LogP contribution < -0.4 is 16.0 Å². The number of benzene rings is 3. The summed E-state index contributed by atoms with van der Waals surface area (Å²) in [6, 6.07) is 22.5. The van der Waals surface area contributed by atoms with Crippen molar-refractivity contribution in [1.29, 1.82) is 0 Å². The summed E-state index contributed by atoms with van der Waals surface area (Å²) < 4.78 is 0. The number of hydrogen-bond acceptors (Lipinski definition) is 3. The lowest BCUT2D eigenvalue weighted by Gasteiger charge is -2.13. The minimum Gasteiger partial charge on any atom is -0.376 e. The number of amides is 2. The number of halogens is 1. The third-order valence-corrected chi connectivity index (χ3v) is 4.86. The highest BCUT2D eigenvalue weighted by Gasteiger charge is 2.12. The van der Waals surface area contributed by atoms with Gasteiger partial charge in [0.1, 0.15) is 0 Å². The van der Waals surface area contributed by atoms with Crippen molar-refractivity contribution in [2.75, 3.05) is 23.7 Å². The fraction of sp³-hybridized carbons (Fsp3) is 0.167. The zero-order chi connectivity index (χ0) is 21.3. The topological polar surface area (TPSA) is 70.2 Å². The number of rotatable bonds is 8. The molecular weight excluding hydrogens is 398 g/mol. The molecular formula is C24H24ClN3O2. The Balaban J connectivity index is 1.55. The van der Waals surface area contributed by atoms with Gasteiger partial charge < -0.3 is 16.0 Å². The second kappa shape index (κ2) is 10.5. The lowest BCUT2D eigenvalue weighted by molar-refractivity contribution is -0.114. The Labute approximate surface area is 181 Å². The van der Waals surface area contributed by atoms with Gasteiger partial charge in [-0.2, -0.15) is 0 Å². The monoisotopic (exact) mass is 421 g/mol. The first kappa shape index (κ1) is 21.4. The van der Waals surface area contributed by atoms with Crippen molar-refractivity contribution in [1.82, 2.24) is 5.32 Å². The molecule has 0 saturated heterocycles. The van der Waals surface area contributed by atoms with E-state index in [9.17, 15) is 9.59 Å². The van der Waals surface area contributed by atoms with Crippen LogP contribution in [0.4, 0.5) is 11.4 Å². The lowest BCUT2D eigenvalue weighted by atomic mass is 10.1. The molecule has 0 fully saturated rings. The Kier molecular flexibility index (Phi) is 7.46. The largest absolute Gasteiger partial charge is 0.376 e. The average molecular weight is 422 g/mol. The molecule has 154 valence electrons. The standard InChI is InChI=1S/C24H24ClN3O2/c1-17-11-12-22(20(25)15-17)28-23(29)16-27-21-10-6-5-9-19(21)24(30)26-14-13-18-7-3-2-4-8-18/h2-12,15,27H,13-14,16H2,1H3,(H,26,30)(H,28,29). The molecule has 0 aliphatic carbocycles. The molecule has 0 aliphatic rings. The molecule has 0 atom stereocenters. The van der Waals surface area contributed by atoms with Crippen molar-refractivity contribution in [3.05, 3.63) is 94.5 Å². The van der Waals surface area contributed by atoms with Gasteiger partial charge in [0, 0.05) is 12.2 Å². The second-order valence-corrected chi connectivity index (χ2v) is 7.33. The third-order valence-electron chi connectivity index (χ3n) is 4.55. The maximum absolute atomic E-state index is 12.6. The minimum absolute atomic E-state index is 0.0124. The molecule has 3 rings (SSSR count). The zero-order valence-electron chi connectivity index (χ0n) is 16.7. The molecule has 0 unspecified atom stereocenters. The van der Waals surface area contributed by atoms with Crippen LogP contribution in [-0.2, 0) is 11.2 Å². The molecule has 3 N–H and O–H groups in total. The van der Waals surface area contributed by atoms with Crippen LogP contribution in [0.1, 0.15) is 21.5 Å². The van der Waals surface area contributed by atoms with Crippen molar-refractivity contribution < 1.29 is 9.59 Å². The highest BCUT2D eigenvalue weighted by atomic mass is 35.5. The Morgan fingerprint density at radius 3 is 2.40 bits per heavy atom. The lowest BCUT2D eigenvalue weighted by Crippen LogP contribution is -2.28. The number of carbonyl (C=O) groups excluding carboxylic acids is 2. The molecule has 2 amide bonds. The van der Waals surface area contributed by atoms with E-state index < -0.39 is 0 Å². The van der Waals surface area contributed by atoms with E-state index in [1.165, 1.54) is 0 Å². The van der Waals surface area contributed by atoms with Gasteiger partial charge in [-0.1, -0.05) is 60.1 Å². The summed E-state index contributed by atoms with van der Waals surface area (Å²) in [5, 5.41) is 9.23. The van der Waals surface area contributed by atoms with Crippen LogP contribution in [0.25, 0.3) is 0 Å². The van der Waals surface area contributed by atoms with E-state index in [0.717, 1.165) is 17.5 Å². The van der Waals surface area contributed by atoms with Gasteiger partial charge in [0.2, 0.25) is 5.91 Å². The van der Waals surface area contributed by atoms with Crippen LogP contribution in [0.5, 0.6) is 0 Å². The van der Waals surface area contributed by atoms with Crippen LogP contribution in [0, 0.1) is 6.92 Å². The van der Waals surface area contributed by atoms with Gasteiger partial charge in [-0.3, -0.25) is 9.59 Å². The molecule has 0 bridgehead atoms. The summed E-state index contributed by atoms with van der Waals surface area (Å²) in [5.41, 5.74) is 3.83. The van der Waals surface area contributed by atoms with Gasteiger partial charge >= 0.3 is 0 Å². The highest BCUT2D eigenvalue weighted by molar-refractivity contribution is 6.33. The number of aryl methyl sites for hydroxylation is 1. The van der Waals surface area contributed by atoms with Crippen LogP contribution >= 0.6 is 11.6 Å². The van der Waals surface area contributed by atoms with E-state index in [1.807, 2.05) is 49.4 Å². The van der Waals surface area contributed by atoms with E-state index in [2.05, 4.69) is 16.0 Å². The van der Waals surface area contributed by atoms with E-state index in [0.29, 0.717) is 28.5 Å². The Hall–Kier alpha value is -3.31. The molecule has 0 spiro atoms. The van der Waals surface area contributed by atoms with Crippen molar-refractivity contribution in [2.24, 2.45) is 0 Å². The number of anilines is 2. The van der Waals surface area contributed by atoms with Crippen LogP contribution in [0.2, 0.25) is 5.02 Å². The zero-order valence-corrected chi connectivity index (χ0v) is 17.5. The molecule has 3 aromatic rings. The summed E-state index contributed by atoms with van der Waals surface area (Å²) in [4.78, 5) is 24.9. The van der Waals surface area contributed by atoms with E-state index in [1.54, 1.807) is 30.3 Å². The van der Waals surface area contributed by atoms with E-state index in [4.69, 9.17) is 11.6 Å². The van der Waals surface area contributed by atoms with E-state index in [-0.39, 0.29) is 18.4 Å². The molecule has 6 heteroatoms. The summed E-state index contributed by atoms with van der Waals surface area (Å²) in [6.07, 6.45) is 0.752. The molecule has 5 nitrogen and oxygen atoms in total. The Morgan fingerprint density at radius 2 is 1.63 bits per heavy atom. The predicted octanol–water partition coefficient (Wildman–Crippen LogP) is 4.67. The molecule has 30 heavy (non-hydrogen) atoms. The number of nitrogens with one attached hydrogen (secondary N) is 3. The molecule has 0 radical (unpaired) electrons. The third kappa shape index (κ3) is 6.09. The predicted molar refractivity (Wildman–Crippen MR) is 122 cm³/mol. The fourth-order valence-electron chi connectivity index (χ4n) is 2.99. The number of carbonyl (C=O) groups is 2. The van der Waals surface area contributed by atoms with Crippen molar-refractivity contribution in [2.45, 2.75) is 13.3 Å². The fourth-order valence-corrected chi connectivity index (χ4v) is 3.27. The summed E-state index contributed by atoms with van der Waals surface area (Å²) >= 11 is 6.16. The smallest absolute Gasteiger partial charge is 0.253 e. The molecule has 0 aromatic heterocycles. The first-order chi connectivity index (χ1) is 14.5. The quantitative estimate of drug-likeness (QED) is 0.495. The van der Waals surface area contributed by atoms with Crippen LogP contribution in [0.15, 0.2) is 72.8 Å². The van der Waals surface area contributed by atoms with Gasteiger partial charge in [0.05, 0.1) is 22.8 Å². The first-order valence-electron chi connectivity index (χ1n) is 9.74. The molecule has 3 aromatic carbocycles. The van der Waals surface area contributed by atoms with Crippen LogP contribution in [-0.4, -0.2) is 24.9 Å². The van der Waals surface area contributed by atoms with Crippen molar-refractivity contribution >= 4 is 34.8 Å². The van der Waals surface area contributed by atoms with Crippen LogP contribution in [0.3, 0.4) is 0 Å². The Bertz CT molecular complexity index is 1020. The Morgan fingerprint density at radius 1 is 0.900 bits per heavy atom. The van der Waals surface area contributed by atoms with Gasteiger partial charge in [-0.15, -0.1) is 0 Å². The molecule has 0 heterocycles. The van der Waals surface area contributed by atoms with Gasteiger partial charge in [0.25, 0.3) is 5.91 Å².